The van der Waals surface area contributed by atoms with Crippen LogP contribution in [-0.4, -0.2) is 22.0 Å². The first-order chi connectivity index (χ1) is 16.0. The van der Waals surface area contributed by atoms with Gasteiger partial charge in [-0.25, -0.2) is 4.98 Å². The molecule has 0 saturated carbocycles. The van der Waals surface area contributed by atoms with Crippen molar-refractivity contribution in [2.24, 2.45) is 5.10 Å². The van der Waals surface area contributed by atoms with E-state index in [1.807, 2.05) is 54.6 Å². The number of anilines is 1. The number of hydrazone groups is 1. The van der Waals surface area contributed by atoms with Gasteiger partial charge in [0, 0.05) is 16.1 Å². The number of halogens is 1. The van der Waals surface area contributed by atoms with E-state index >= 15 is 0 Å². The van der Waals surface area contributed by atoms with Crippen LogP contribution in [0.2, 0.25) is 0 Å². The largest absolute Gasteiger partial charge is 0.324 e. The molecule has 0 aliphatic heterocycles. The maximum atomic E-state index is 13.7. The number of benzene rings is 3. The number of fused-ring (bicyclic) bond motifs is 2. The zero-order valence-electron chi connectivity index (χ0n) is 16.7. The standard InChI is InChI=1S/C23H13BrN4O3S2/c24-15-8-10-19-20(12-15)33-23(26-19)27(25-13-16-9-11-21(32-16)28(30)31)22(29)18-7-3-5-14-4-1-2-6-17(14)18/h1-13H/b25-13+. The van der Waals surface area contributed by atoms with Crippen molar-refractivity contribution < 1.29 is 9.72 Å². The Morgan fingerprint density at radius 3 is 2.70 bits per heavy atom. The highest BCUT2D eigenvalue weighted by atomic mass is 79.9. The van der Waals surface area contributed by atoms with E-state index < -0.39 is 4.92 Å². The van der Waals surface area contributed by atoms with E-state index in [1.54, 1.807) is 12.1 Å². The molecule has 2 aromatic heterocycles. The third kappa shape index (κ3) is 4.28. The topological polar surface area (TPSA) is 88.7 Å². The van der Waals surface area contributed by atoms with Gasteiger partial charge in [0.2, 0.25) is 5.13 Å². The van der Waals surface area contributed by atoms with Crippen molar-refractivity contribution in [2.45, 2.75) is 0 Å². The number of hydrogen-bond acceptors (Lipinski definition) is 7. The molecule has 2 heterocycles. The van der Waals surface area contributed by atoms with E-state index in [1.165, 1.54) is 28.6 Å². The molecule has 0 N–H and O–H groups in total. The summed E-state index contributed by atoms with van der Waals surface area (Å²) in [4.78, 5) is 29.4. The Labute approximate surface area is 203 Å². The summed E-state index contributed by atoms with van der Waals surface area (Å²) in [5.74, 6) is -0.341. The molecule has 0 atom stereocenters. The molecule has 0 radical (unpaired) electrons. The van der Waals surface area contributed by atoms with Crippen LogP contribution >= 0.6 is 38.6 Å². The van der Waals surface area contributed by atoms with Gasteiger partial charge in [-0.3, -0.25) is 14.9 Å². The third-order valence-electron chi connectivity index (χ3n) is 4.83. The number of rotatable bonds is 5. The first kappa shape index (κ1) is 21.4. The zero-order chi connectivity index (χ0) is 22.9. The highest BCUT2D eigenvalue weighted by molar-refractivity contribution is 9.10. The number of thiophene rings is 1. The lowest BCUT2D eigenvalue weighted by Gasteiger charge is -2.15. The second kappa shape index (κ2) is 8.81. The molecule has 0 aliphatic carbocycles. The van der Waals surface area contributed by atoms with Gasteiger partial charge in [0.25, 0.3) is 5.91 Å². The van der Waals surface area contributed by atoms with E-state index in [0.29, 0.717) is 15.6 Å². The van der Waals surface area contributed by atoms with Crippen molar-refractivity contribution in [3.8, 4) is 0 Å². The quantitative estimate of drug-likeness (QED) is 0.139. The lowest BCUT2D eigenvalue weighted by atomic mass is 10.0. The summed E-state index contributed by atoms with van der Waals surface area (Å²) in [6, 6.07) is 21.9. The summed E-state index contributed by atoms with van der Waals surface area (Å²) in [6.45, 7) is 0. The molecule has 10 heteroatoms. The Morgan fingerprint density at radius 2 is 1.88 bits per heavy atom. The molecule has 7 nitrogen and oxygen atoms in total. The molecule has 0 bridgehead atoms. The lowest BCUT2D eigenvalue weighted by molar-refractivity contribution is -0.380. The van der Waals surface area contributed by atoms with Gasteiger partial charge in [-0.2, -0.15) is 10.1 Å². The van der Waals surface area contributed by atoms with Crippen molar-refractivity contribution in [1.82, 2.24) is 4.98 Å². The summed E-state index contributed by atoms with van der Waals surface area (Å²) >= 11 is 5.79. The number of thiazole rings is 1. The first-order valence-electron chi connectivity index (χ1n) is 9.66. The smallest absolute Gasteiger partial charge is 0.267 e. The SMILES string of the molecule is O=C(c1cccc2ccccc12)N(/N=C/c1ccc([N+](=O)[O-])s1)c1nc2ccc(Br)cc2s1. The van der Waals surface area contributed by atoms with Crippen LogP contribution in [0, 0.1) is 10.1 Å². The van der Waals surface area contributed by atoms with Crippen molar-refractivity contribution in [1.29, 1.82) is 0 Å². The molecule has 3 aromatic carbocycles. The van der Waals surface area contributed by atoms with Crippen LogP contribution in [0.4, 0.5) is 10.1 Å². The third-order valence-corrected chi connectivity index (χ3v) is 7.28. The second-order valence-corrected chi connectivity index (χ2v) is 9.95. The van der Waals surface area contributed by atoms with Gasteiger partial charge in [0.1, 0.15) is 0 Å². The Hall–Kier alpha value is -3.47. The minimum Gasteiger partial charge on any atom is -0.267 e. The summed E-state index contributed by atoms with van der Waals surface area (Å²) in [7, 11) is 0. The van der Waals surface area contributed by atoms with Crippen molar-refractivity contribution >= 4 is 81.8 Å². The van der Waals surface area contributed by atoms with Crippen molar-refractivity contribution in [2.75, 3.05) is 5.01 Å². The fourth-order valence-electron chi connectivity index (χ4n) is 3.32. The molecule has 162 valence electrons. The van der Waals surface area contributed by atoms with Crippen LogP contribution in [0.1, 0.15) is 15.2 Å². The molecule has 0 spiro atoms. The minimum absolute atomic E-state index is 0.00761. The number of carbonyl (C=O) groups is 1. The fourth-order valence-corrected chi connectivity index (χ4v) is 5.48. The summed E-state index contributed by atoms with van der Waals surface area (Å²) < 4.78 is 1.81. The second-order valence-electron chi connectivity index (χ2n) is 6.93. The number of hydrogen-bond donors (Lipinski definition) is 0. The number of aromatic nitrogens is 1. The molecule has 0 unspecified atom stereocenters. The Balaban J connectivity index is 1.61. The average molecular weight is 537 g/mol. The summed E-state index contributed by atoms with van der Waals surface area (Å²) in [5.41, 5.74) is 1.23. The highest BCUT2D eigenvalue weighted by Crippen LogP contribution is 2.33. The summed E-state index contributed by atoms with van der Waals surface area (Å²) in [6.07, 6.45) is 1.45. The molecular weight excluding hydrogens is 524 g/mol. The van der Waals surface area contributed by atoms with Crippen LogP contribution in [0.3, 0.4) is 0 Å². The van der Waals surface area contributed by atoms with Crippen LogP contribution in [0.15, 0.2) is 82.4 Å². The predicted octanol–water partition coefficient (Wildman–Crippen LogP) is 6.86. The van der Waals surface area contributed by atoms with E-state index in [4.69, 9.17) is 0 Å². The maximum Gasteiger partial charge on any atom is 0.324 e. The summed E-state index contributed by atoms with van der Waals surface area (Å²) in [5, 5.41) is 18.8. The Morgan fingerprint density at radius 1 is 1.06 bits per heavy atom. The van der Waals surface area contributed by atoms with Gasteiger partial charge >= 0.3 is 5.00 Å². The van der Waals surface area contributed by atoms with E-state index in [2.05, 4.69) is 26.0 Å². The van der Waals surface area contributed by atoms with Gasteiger partial charge in [-0.15, -0.1) is 0 Å². The van der Waals surface area contributed by atoms with E-state index in [0.717, 1.165) is 36.8 Å². The van der Waals surface area contributed by atoms with Crippen LogP contribution < -0.4 is 5.01 Å². The van der Waals surface area contributed by atoms with Gasteiger partial charge in [-0.1, -0.05) is 75.0 Å². The first-order valence-corrected chi connectivity index (χ1v) is 12.1. The molecule has 0 fully saturated rings. The normalized spacial score (nSPS) is 11.4. The Kier molecular flexibility index (Phi) is 5.71. The predicted molar refractivity (Wildman–Crippen MR) is 137 cm³/mol. The zero-order valence-corrected chi connectivity index (χ0v) is 19.9. The van der Waals surface area contributed by atoms with Gasteiger partial charge < -0.3 is 0 Å². The molecule has 1 amide bonds. The van der Waals surface area contributed by atoms with Crippen LogP contribution in [0.5, 0.6) is 0 Å². The monoisotopic (exact) mass is 536 g/mol. The molecule has 5 aromatic rings. The molecule has 5 rings (SSSR count). The Bertz CT molecular complexity index is 1550. The lowest BCUT2D eigenvalue weighted by Crippen LogP contribution is -2.25. The number of carbonyl (C=O) groups excluding carboxylic acids is 1. The van der Waals surface area contributed by atoms with Gasteiger partial charge in [0.05, 0.1) is 26.2 Å². The minimum atomic E-state index is -0.452. The van der Waals surface area contributed by atoms with E-state index in [9.17, 15) is 14.9 Å². The number of nitro groups is 1. The maximum absolute atomic E-state index is 13.7. The molecular formula is C23H13BrN4O3S2. The van der Waals surface area contributed by atoms with Crippen LogP contribution in [-0.2, 0) is 0 Å². The van der Waals surface area contributed by atoms with Gasteiger partial charge in [-0.05, 0) is 41.1 Å². The van der Waals surface area contributed by atoms with Crippen LogP contribution in [0.25, 0.3) is 21.0 Å². The fraction of sp³-hybridized carbons (Fsp3) is 0. The highest BCUT2D eigenvalue weighted by Gasteiger charge is 2.23. The molecule has 33 heavy (non-hydrogen) atoms. The van der Waals surface area contributed by atoms with E-state index in [-0.39, 0.29) is 10.9 Å². The van der Waals surface area contributed by atoms with Crippen molar-refractivity contribution in [3.63, 3.8) is 0 Å². The molecule has 0 aliphatic rings. The average Bonchev–Trinajstić information content (AvgIpc) is 3.46. The van der Waals surface area contributed by atoms with Gasteiger partial charge in [0.15, 0.2) is 0 Å². The number of nitrogens with zero attached hydrogens (tertiary/aromatic N) is 4. The number of amides is 1. The van der Waals surface area contributed by atoms with Crippen molar-refractivity contribution in [3.05, 3.63) is 97.8 Å². The molecule has 0 saturated heterocycles.